The Morgan fingerprint density at radius 3 is 2.48 bits per heavy atom. The van der Waals surface area contributed by atoms with Crippen molar-refractivity contribution in [3.63, 3.8) is 0 Å². The summed E-state index contributed by atoms with van der Waals surface area (Å²) in [6, 6.07) is 9.18. The fourth-order valence-corrected chi connectivity index (χ4v) is 2.26. The maximum Gasteiger partial charge on any atom is 0.171 e. The van der Waals surface area contributed by atoms with Crippen molar-refractivity contribution in [2.24, 2.45) is 0 Å². The van der Waals surface area contributed by atoms with E-state index >= 15 is 0 Å². The Balaban J connectivity index is 1.85. The molecule has 0 aliphatic heterocycles. The molecular weight excluding hydrogens is 360 g/mol. The third-order valence-corrected chi connectivity index (χ3v) is 3.37. The van der Waals surface area contributed by atoms with E-state index < -0.39 is 11.6 Å². The number of hydrogen-bond acceptors (Lipinski definition) is 2. The van der Waals surface area contributed by atoms with Crippen LogP contribution in [0, 0.1) is 11.6 Å². The minimum absolute atomic E-state index is 0.0494. The topological polar surface area (TPSA) is 37.0 Å². The summed E-state index contributed by atoms with van der Waals surface area (Å²) in [6.45, 7) is 0.317. The number of halogens is 3. The first kappa shape index (κ1) is 15.8. The van der Waals surface area contributed by atoms with Crippen LogP contribution in [0.3, 0.4) is 0 Å². The summed E-state index contributed by atoms with van der Waals surface area (Å²) in [5, 5.41) is 6.12. The van der Waals surface area contributed by atoms with Gasteiger partial charge >= 0.3 is 0 Å². The van der Waals surface area contributed by atoms with Crippen molar-refractivity contribution in [2.75, 3.05) is 11.9 Å². The van der Waals surface area contributed by atoms with Crippen LogP contribution < -0.4 is 10.6 Å². The summed E-state index contributed by atoms with van der Waals surface area (Å²) in [7, 11) is 0. The molecule has 3 nitrogen and oxygen atoms in total. The molecule has 0 amide bonds. The van der Waals surface area contributed by atoms with Gasteiger partial charge in [0.05, 0.1) is 0 Å². The monoisotopic (exact) mass is 371 g/mol. The van der Waals surface area contributed by atoms with Crippen molar-refractivity contribution in [3.05, 3.63) is 58.2 Å². The van der Waals surface area contributed by atoms with Crippen molar-refractivity contribution in [1.29, 1.82) is 0 Å². The van der Waals surface area contributed by atoms with Crippen molar-refractivity contribution in [3.8, 4) is 0 Å². The molecule has 0 fully saturated rings. The van der Waals surface area contributed by atoms with E-state index in [4.69, 9.17) is 12.2 Å². The van der Waals surface area contributed by atoms with Crippen LogP contribution in [0.2, 0.25) is 0 Å². The van der Waals surface area contributed by atoms with Crippen LogP contribution in [-0.2, 0) is 6.42 Å². The Morgan fingerprint density at radius 1 is 1.14 bits per heavy atom. The van der Waals surface area contributed by atoms with Crippen LogP contribution in [0.4, 0.5) is 14.6 Å². The maximum absolute atomic E-state index is 13.4. The molecule has 0 saturated heterocycles. The summed E-state index contributed by atoms with van der Waals surface area (Å²) in [4.78, 5) is 4.17. The van der Waals surface area contributed by atoms with E-state index in [9.17, 15) is 8.78 Å². The molecule has 2 aromatic rings. The standard InChI is InChI=1S/C14H12BrF2N3S/c15-12-5-2-6-13(19-12)20-14(21)18-8-7-9-10(16)3-1-4-11(9)17/h1-6H,7-8H2,(H2,18,19,20,21). The van der Waals surface area contributed by atoms with E-state index in [1.165, 1.54) is 18.2 Å². The molecule has 0 spiro atoms. The number of nitrogens with zero attached hydrogens (tertiary/aromatic N) is 1. The fourth-order valence-electron chi connectivity index (χ4n) is 1.71. The molecule has 7 heteroatoms. The average Bonchev–Trinajstić information content (AvgIpc) is 2.42. The first-order valence-corrected chi connectivity index (χ1v) is 7.36. The predicted molar refractivity (Wildman–Crippen MR) is 86.2 cm³/mol. The first-order valence-electron chi connectivity index (χ1n) is 6.16. The Hall–Kier alpha value is -1.60. The molecule has 110 valence electrons. The summed E-state index contributed by atoms with van der Waals surface area (Å²) in [5.74, 6) is -0.521. The number of anilines is 1. The summed E-state index contributed by atoms with van der Waals surface area (Å²) < 4.78 is 27.6. The van der Waals surface area contributed by atoms with Gasteiger partial charge in [-0.2, -0.15) is 0 Å². The zero-order valence-electron chi connectivity index (χ0n) is 10.9. The van der Waals surface area contributed by atoms with Gasteiger partial charge in [0.1, 0.15) is 22.1 Å². The second-order valence-electron chi connectivity index (χ2n) is 4.18. The molecule has 0 atom stereocenters. The van der Waals surface area contributed by atoms with E-state index in [1.54, 1.807) is 12.1 Å². The number of hydrogen-bond donors (Lipinski definition) is 2. The molecule has 0 aliphatic carbocycles. The number of aromatic nitrogens is 1. The normalized spacial score (nSPS) is 10.2. The van der Waals surface area contributed by atoms with Gasteiger partial charge in [-0.1, -0.05) is 12.1 Å². The van der Waals surface area contributed by atoms with E-state index in [-0.39, 0.29) is 12.0 Å². The Morgan fingerprint density at radius 2 is 1.81 bits per heavy atom. The van der Waals surface area contributed by atoms with Gasteiger partial charge in [-0.05, 0) is 58.8 Å². The number of rotatable bonds is 4. The third kappa shape index (κ3) is 4.71. The lowest BCUT2D eigenvalue weighted by Gasteiger charge is -2.10. The SMILES string of the molecule is Fc1cccc(F)c1CCNC(=S)Nc1cccc(Br)n1. The number of pyridine rings is 1. The number of benzene rings is 1. The van der Waals surface area contributed by atoms with Crippen LogP contribution in [-0.4, -0.2) is 16.6 Å². The fraction of sp³-hybridized carbons (Fsp3) is 0.143. The Kier molecular flexibility index (Phi) is 5.58. The second-order valence-corrected chi connectivity index (χ2v) is 5.40. The zero-order valence-corrected chi connectivity index (χ0v) is 13.3. The number of nitrogens with one attached hydrogen (secondary N) is 2. The van der Waals surface area contributed by atoms with Crippen molar-refractivity contribution in [1.82, 2.24) is 10.3 Å². The van der Waals surface area contributed by atoms with Crippen molar-refractivity contribution < 1.29 is 8.78 Å². The predicted octanol–water partition coefficient (Wildman–Crippen LogP) is 3.65. The molecule has 2 N–H and O–H groups in total. The van der Waals surface area contributed by atoms with Gasteiger partial charge in [-0.25, -0.2) is 13.8 Å². The number of thiocarbonyl (C=S) groups is 1. The van der Waals surface area contributed by atoms with Gasteiger partial charge in [0.2, 0.25) is 0 Å². The molecule has 0 aliphatic rings. The molecule has 0 saturated carbocycles. The van der Waals surface area contributed by atoms with E-state index in [2.05, 4.69) is 31.5 Å². The molecule has 21 heavy (non-hydrogen) atoms. The molecule has 0 radical (unpaired) electrons. The van der Waals surface area contributed by atoms with Gasteiger partial charge in [-0.3, -0.25) is 0 Å². The molecule has 0 bridgehead atoms. The van der Waals surface area contributed by atoms with E-state index in [1.807, 2.05) is 6.07 Å². The molecule has 0 unspecified atom stereocenters. The lowest BCUT2D eigenvalue weighted by atomic mass is 10.1. The van der Waals surface area contributed by atoms with Gasteiger partial charge in [-0.15, -0.1) is 0 Å². The Labute approximate surface area is 134 Å². The molecule has 1 heterocycles. The first-order chi connectivity index (χ1) is 10.1. The second kappa shape index (κ2) is 7.42. The average molecular weight is 372 g/mol. The van der Waals surface area contributed by atoms with E-state index in [0.717, 1.165) is 0 Å². The highest BCUT2D eigenvalue weighted by Crippen LogP contribution is 2.12. The van der Waals surface area contributed by atoms with Crippen molar-refractivity contribution >= 4 is 39.1 Å². The van der Waals surface area contributed by atoms with Crippen LogP contribution in [0.15, 0.2) is 41.0 Å². The Bertz CT molecular complexity index is 632. The highest BCUT2D eigenvalue weighted by molar-refractivity contribution is 9.10. The van der Waals surface area contributed by atoms with Crippen LogP contribution in [0.5, 0.6) is 0 Å². The molecule has 1 aromatic heterocycles. The van der Waals surface area contributed by atoms with Crippen molar-refractivity contribution in [2.45, 2.75) is 6.42 Å². The van der Waals surface area contributed by atoms with Gasteiger partial charge in [0.25, 0.3) is 0 Å². The van der Waals surface area contributed by atoms with E-state index in [0.29, 0.717) is 22.1 Å². The summed E-state index contributed by atoms with van der Waals surface area (Å²) in [6.07, 6.45) is 0.201. The van der Waals surface area contributed by atoms with Crippen LogP contribution in [0.25, 0.3) is 0 Å². The van der Waals surface area contributed by atoms with Gasteiger partial charge in [0, 0.05) is 12.1 Å². The van der Waals surface area contributed by atoms with Crippen LogP contribution >= 0.6 is 28.1 Å². The highest BCUT2D eigenvalue weighted by atomic mass is 79.9. The van der Waals surface area contributed by atoms with Crippen LogP contribution in [0.1, 0.15) is 5.56 Å². The third-order valence-electron chi connectivity index (χ3n) is 2.68. The lowest BCUT2D eigenvalue weighted by Crippen LogP contribution is -2.30. The van der Waals surface area contributed by atoms with Gasteiger partial charge in [0.15, 0.2) is 5.11 Å². The van der Waals surface area contributed by atoms with Gasteiger partial charge < -0.3 is 10.6 Å². The minimum Gasteiger partial charge on any atom is -0.362 e. The zero-order chi connectivity index (χ0) is 15.2. The largest absolute Gasteiger partial charge is 0.362 e. The highest BCUT2D eigenvalue weighted by Gasteiger charge is 2.08. The smallest absolute Gasteiger partial charge is 0.171 e. The summed E-state index contributed by atoms with van der Waals surface area (Å²) >= 11 is 8.35. The molecule has 2 rings (SSSR count). The summed E-state index contributed by atoms with van der Waals surface area (Å²) in [5.41, 5.74) is 0.0494. The quantitative estimate of drug-likeness (QED) is 0.635. The molecular formula is C14H12BrF2N3S. The maximum atomic E-state index is 13.4. The molecule has 1 aromatic carbocycles. The minimum atomic E-state index is -0.552. The lowest BCUT2D eigenvalue weighted by molar-refractivity contribution is 0.553.